The molecule has 3 aromatic carbocycles. The van der Waals surface area contributed by atoms with Crippen molar-refractivity contribution in [1.29, 1.82) is 0 Å². The summed E-state index contributed by atoms with van der Waals surface area (Å²) in [7, 11) is 0. The van der Waals surface area contributed by atoms with Gasteiger partial charge in [-0.3, -0.25) is 9.59 Å². The van der Waals surface area contributed by atoms with Gasteiger partial charge in [-0.15, -0.1) is 0 Å². The molecule has 164 valence electrons. The second kappa shape index (κ2) is 11.9. The van der Waals surface area contributed by atoms with Gasteiger partial charge in [-0.25, -0.2) is 5.43 Å². The number of amides is 2. The molecule has 0 aromatic heterocycles. The fourth-order valence-corrected chi connectivity index (χ4v) is 2.71. The zero-order chi connectivity index (χ0) is 22.6. The number of ether oxygens (including phenoxy) is 2. The van der Waals surface area contributed by atoms with Gasteiger partial charge in [0.25, 0.3) is 5.91 Å². The lowest BCUT2D eigenvalue weighted by Crippen LogP contribution is -2.26. The van der Waals surface area contributed by atoms with Crippen molar-refractivity contribution < 1.29 is 19.1 Å². The lowest BCUT2D eigenvalue weighted by atomic mass is 10.2. The summed E-state index contributed by atoms with van der Waals surface area (Å²) < 4.78 is 11.2. The molecule has 0 saturated carbocycles. The number of nitrogens with one attached hydrogen (secondary N) is 2. The average Bonchev–Trinajstić information content (AvgIpc) is 2.82. The normalized spacial score (nSPS) is 10.8. The van der Waals surface area contributed by atoms with E-state index in [9.17, 15) is 9.59 Å². The van der Waals surface area contributed by atoms with Crippen molar-refractivity contribution in [2.75, 3.05) is 11.9 Å². The van der Waals surface area contributed by atoms with Crippen LogP contribution in [0.4, 0.5) is 5.69 Å². The van der Waals surface area contributed by atoms with E-state index in [4.69, 9.17) is 9.47 Å². The Morgan fingerprint density at radius 3 is 2.03 bits per heavy atom. The van der Waals surface area contributed by atoms with Crippen LogP contribution in [0.15, 0.2) is 90.0 Å². The van der Waals surface area contributed by atoms with Crippen LogP contribution in [-0.2, 0) is 16.2 Å². The summed E-state index contributed by atoms with van der Waals surface area (Å²) in [5.41, 5.74) is 4.66. The Hall–Kier alpha value is -4.13. The van der Waals surface area contributed by atoms with Crippen LogP contribution in [0.25, 0.3) is 0 Å². The number of nitrogens with zero attached hydrogens (tertiary/aromatic N) is 1. The van der Waals surface area contributed by atoms with Crippen LogP contribution in [0.1, 0.15) is 18.9 Å². The van der Waals surface area contributed by atoms with E-state index < -0.39 is 5.91 Å². The Kier molecular flexibility index (Phi) is 8.39. The monoisotopic (exact) mass is 431 g/mol. The Morgan fingerprint density at radius 2 is 1.38 bits per heavy atom. The van der Waals surface area contributed by atoms with Crippen molar-refractivity contribution >= 4 is 23.2 Å². The van der Waals surface area contributed by atoms with E-state index >= 15 is 0 Å². The summed E-state index contributed by atoms with van der Waals surface area (Å²) in [6, 6.07) is 26.0. The summed E-state index contributed by atoms with van der Waals surface area (Å²) in [6.07, 6.45) is 0.0699. The number of para-hydroxylation sites is 1. The van der Waals surface area contributed by atoms with Crippen molar-refractivity contribution in [3.63, 3.8) is 0 Å². The number of hydrogen-bond acceptors (Lipinski definition) is 5. The van der Waals surface area contributed by atoms with E-state index in [0.29, 0.717) is 29.5 Å². The number of carbonyl (C=O) groups is 2. The third-order valence-electron chi connectivity index (χ3n) is 4.29. The molecular formula is C25H25N3O4. The van der Waals surface area contributed by atoms with Gasteiger partial charge in [-0.05, 0) is 48.9 Å². The Bertz CT molecular complexity index is 1040. The number of anilines is 1. The molecule has 0 bridgehead atoms. The van der Waals surface area contributed by atoms with Crippen LogP contribution in [0, 0.1) is 0 Å². The van der Waals surface area contributed by atoms with Gasteiger partial charge in [-0.1, -0.05) is 48.5 Å². The molecule has 32 heavy (non-hydrogen) atoms. The van der Waals surface area contributed by atoms with Crippen LogP contribution < -0.4 is 20.2 Å². The molecule has 0 fully saturated rings. The summed E-state index contributed by atoms with van der Waals surface area (Å²) in [5, 5.41) is 6.70. The Morgan fingerprint density at radius 1 is 0.781 bits per heavy atom. The van der Waals surface area contributed by atoms with Gasteiger partial charge in [-0.2, -0.15) is 5.10 Å². The molecule has 0 spiro atoms. The van der Waals surface area contributed by atoms with Gasteiger partial charge in [0.1, 0.15) is 18.1 Å². The van der Waals surface area contributed by atoms with Gasteiger partial charge in [0.05, 0.1) is 6.42 Å². The van der Waals surface area contributed by atoms with Crippen LogP contribution in [0.3, 0.4) is 0 Å². The molecule has 0 saturated heterocycles. The first-order valence-electron chi connectivity index (χ1n) is 10.1. The van der Waals surface area contributed by atoms with Crippen molar-refractivity contribution in [2.24, 2.45) is 5.10 Å². The van der Waals surface area contributed by atoms with Gasteiger partial charge in [0.2, 0.25) is 5.91 Å². The summed E-state index contributed by atoms with van der Waals surface area (Å²) in [4.78, 5) is 23.9. The second-order valence-electron chi connectivity index (χ2n) is 7.01. The third-order valence-corrected chi connectivity index (χ3v) is 4.29. The molecule has 3 rings (SSSR count). The first-order valence-corrected chi connectivity index (χ1v) is 10.1. The lowest BCUT2D eigenvalue weighted by molar-refractivity contribution is -0.123. The molecule has 0 radical (unpaired) electrons. The highest BCUT2D eigenvalue weighted by atomic mass is 16.5. The minimum Gasteiger partial charge on any atom is -0.489 e. The van der Waals surface area contributed by atoms with Gasteiger partial charge >= 0.3 is 0 Å². The standard InChI is InChI=1S/C25H25N3O4/c1-19(16-24(29)26-21-10-6-3-7-11-21)27-28-25(30)18-32-23-14-12-22(13-15-23)31-17-20-8-4-2-5-9-20/h2-15H,16-18H2,1H3,(H,26,29)(H,28,30)/b27-19-. The molecular weight excluding hydrogens is 406 g/mol. The van der Waals surface area contributed by atoms with E-state index in [-0.39, 0.29) is 18.9 Å². The highest BCUT2D eigenvalue weighted by Gasteiger charge is 2.06. The maximum Gasteiger partial charge on any atom is 0.277 e. The molecule has 7 nitrogen and oxygen atoms in total. The molecule has 0 aliphatic carbocycles. The predicted octanol–water partition coefficient (Wildman–Crippen LogP) is 4.17. The molecule has 3 aromatic rings. The third kappa shape index (κ3) is 7.95. The highest BCUT2D eigenvalue weighted by molar-refractivity contribution is 6.05. The van der Waals surface area contributed by atoms with Gasteiger partial charge in [0.15, 0.2) is 6.61 Å². The SMILES string of the molecule is C/C(CC(=O)Nc1ccccc1)=N/NC(=O)COc1ccc(OCc2ccccc2)cc1. The summed E-state index contributed by atoms with van der Waals surface area (Å²) >= 11 is 0. The molecule has 0 atom stereocenters. The molecule has 0 aliphatic rings. The van der Waals surface area contributed by atoms with Crippen LogP contribution >= 0.6 is 0 Å². The quantitative estimate of drug-likeness (QED) is 0.373. The molecule has 0 heterocycles. The largest absolute Gasteiger partial charge is 0.489 e. The summed E-state index contributed by atoms with van der Waals surface area (Å²) in [5.74, 6) is 0.615. The number of hydrazone groups is 1. The second-order valence-corrected chi connectivity index (χ2v) is 7.01. The summed E-state index contributed by atoms with van der Waals surface area (Å²) in [6.45, 7) is 1.95. The van der Waals surface area contributed by atoms with Gasteiger partial charge < -0.3 is 14.8 Å². The van der Waals surface area contributed by atoms with E-state index in [1.165, 1.54) is 0 Å². The van der Waals surface area contributed by atoms with E-state index in [1.54, 1.807) is 43.3 Å². The van der Waals surface area contributed by atoms with E-state index in [1.807, 2.05) is 48.5 Å². The van der Waals surface area contributed by atoms with Crippen molar-refractivity contribution in [2.45, 2.75) is 20.0 Å². The first kappa shape index (κ1) is 22.6. The fourth-order valence-electron chi connectivity index (χ4n) is 2.71. The van der Waals surface area contributed by atoms with Crippen LogP contribution in [0.2, 0.25) is 0 Å². The average molecular weight is 431 g/mol. The highest BCUT2D eigenvalue weighted by Crippen LogP contribution is 2.18. The van der Waals surface area contributed by atoms with Crippen LogP contribution in [-0.4, -0.2) is 24.1 Å². The Balaban J connectivity index is 1.37. The lowest BCUT2D eigenvalue weighted by Gasteiger charge is -2.09. The van der Waals surface area contributed by atoms with E-state index in [0.717, 1.165) is 5.56 Å². The molecule has 7 heteroatoms. The number of rotatable bonds is 10. The van der Waals surface area contributed by atoms with Crippen molar-refractivity contribution in [3.05, 3.63) is 90.5 Å². The van der Waals surface area contributed by atoms with Crippen molar-refractivity contribution in [3.8, 4) is 11.5 Å². The van der Waals surface area contributed by atoms with Crippen LogP contribution in [0.5, 0.6) is 11.5 Å². The predicted molar refractivity (Wildman–Crippen MR) is 124 cm³/mol. The topological polar surface area (TPSA) is 89.0 Å². The molecule has 2 N–H and O–H groups in total. The van der Waals surface area contributed by atoms with Gasteiger partial charge in [0, 0.05) is 11.4 Å². The smallest absolute Gasteiger partial charge is 0.277 e. The van der Waals surface area contributed by atoms with E-state index in [2.05, 4.69) is 15.8 Å². The maximum absolute atomic E-state index is 12.0. The number of hydrogen-bond donors (Lipinski definition) is 2. The minimum atomic E-state index is -0.419. The minimum absolute atomic E-state index is 0.0699. The number of benzene rings is 3. The van der Waals surface area contributed by atoms with Crippen molar-refractivity contribution in [1.82, 2.24) is 5.43 Å². The Labute approximate surface area is 187 Å². The zero-order valence-corrected chi connectivity index (χ0v) is 17.8. The molecule has 2 amide bonds. The zero-order valence-electron chi connectivity index (χ0n) is 17.8. The first-order chi connectivity index (χ1) is 15.6. The maximum atomic E-state index is 12.0. The fraction of sp³-hybridized carbons (Fsp3) is 0.160. The molecule has 0 aliphatic heterocycles. The molecule has 0 unspecified atom stereocenters. The number of carbonyl (C=O) groups excluding carboxylic acids is 2.